The number of aromatic nitrogens is 3. The number of nitrogens with zero attached hydrogens (tertiary/aromatic N) is 3. The molecule has 7 aromatic carbocycles. The van der Waals surface area contributed by atoms with Crippen molar-refractivity contribution in [2.75, 3.05) is 0 Å². The minimum Gasteiger partial charge on any atom is -0.208 e. The van der Waals surface area contributed by atoms with E-state index in [9.17, 15) is 0 Å². The van der Waals surface area contributed by atoms with Crippen LogP contribution in [0.15, 0.2) is 176 Å². The van der Waals surface area contributed by atoms with E-state index >= 15 is 0 Å². The van der Waals surface area contributed by atoms with E-state index in [-0.39, 0.29) is 0 Å². The first-order valence-electron chi connectivity index (χ1n) is 16.4. The fourth-order valence-electron chi connectivity index (χ4n) is 6.54. The van der Waals surface area contributed by atoms with Crippen molar-refractivity contribution in [2.45, 2.75) is 0 Å². The van der Waals surface area contributed by atoms with Gasteiger partial charge >= 0.3 is 0 Å². The average molecular weight is 644 g/mol. The number of hydrogen-bond donors (Lipinski definition) is 0. The van der Waals surface area contributed by atoms with Crippen LogP contribution in [0.4, 0.5) is 0 Å². The summed E-state index contributed by atoms with van der Waals surface area (Å²) in [5.74, 6) is 1.93. The van der Waals surface area contributed by atoms with Crippen molar-refractivity contribution in [1.29, 1.82) is 0 Å². The summed E-state index contributed by atoms with van der Waals surface area (Å²) in [4.78, 5) is 15.1. The third kappa shape index (κ3) is 5.48. The van der Waals surface area contributed by atoms with E-state index in [0.717, 1.165) is 38.9 Å². The lowest BCUT2D eigenvalue weighted by atomic mass is 9.98. The van der Waals surface area contributed by atoms with E-state index in [1.54, 1.807) is 0 Å². The predicted molar refractivity (Wildman–Crippen MR) is 205 cm³/mol. The van der Waals surface area contributed by atoms with Gasteiger partial charge in [-0.25, -0.2) is 15.0 Å². The molecule has 230 valence electrons. The molecule has 9 rings (SSSR count). The number of benzene rings is 7. The second-order valence-electron chi connectivity index (χ2n) is 12.0. The minimum atomic E-state index is 0.640. The van der Waals surface area contributed by atoms with E-state index in [0.29, 0.717) is 17.5 Å². The van der Waals surface area contributed by atoms with Crippen molar-refractivity contribution in [2.24, 2.45) is 0 Å². The second-order valence-corrected chi connectivity index (χ2v) is 13.1. The quantitative estimate of drug-likeness (QED) is 0.181. The molecule has 0 unspecified atom stereocenters. The van der Waals surface area contributed by atoms with Crippen LogP contribution < -0.4 is 0 Å². The van der Waals surface area contributed by atoms with Gasteiger partial charge in [0.15, 0.2) is 17.5 Å². The van der Waals surface area contributed by atoms with E-state index in [1.165, 1.54) is 31.3 Å². The molecule has 0 saturated heterocycles. The van der Waals surface area contributed by atoms with Gasteiger partial charge in [0, 0.05) is 36.9 Å². The summed E-state index contributed by atoms with van der Waals surface area (Å²) >= 11 is 1.86. The molecule has 0 N–H and O–H groups in total. The van der Waals surface area contributed by atoms with Gasteiger partial charge in [-0.15, -0.1) is 11.3 Å². The summed E-state index contributed by atoms with van der Waals surface area (Å²) < 4.78 is 2.64. The lowest BCUT2D eigenvalue weighted by Crippen LogP contribution is -2.01. The minimum absolute atomic E-state index is 0.640. The Balaban J connectivity index is 1.12. The maximum Gasteiger partial charge on any atom is 0.164 e. The van der Waals surface area contributed by atoms with Crippen molar-refractivity contribution in [1.82, 2.24) is 15.0 Å². The maximum absolute atomic E-state index is 5.10. The lowest BCUT2D eigenvalue weighted by Gasteiger charge is -2.12. The third-order valence-electron chi connectivity index (χ3n) is 8.97. The Labute approximate surface area is 288 Å². The highest BCUT2D eigenvalue weighted by atomic mass is 32.1. The monoisotopic (exact) mass is 643 g/mol. The SMILES string of the molecule is c1ccc(-c2nc(-c3cccc(-c4ccc(-c5cccc6c5sc5ccccc56)cc4)c3)nc(-c3ccccc3-c3ccccc3)n2)cc1. The number of hydrogen-bond acceptors (Lipinski definition) is 4. The summed E-state index contributed by atoms with van der Waals surface area (Å²) in [6.45, 7) is 0. The van der Waals surface area contributed by atoms with Crippen LogP contribution in [0.3, 0.4) is 0 Å². The summed E-state index contributed by atoms with van der Waals surface area (Å²) in [6, 6.07) is 61.5. The third-order valence-corrected chi connectivity index (χ3v) is 10.2. The molecule has 9 aromatic rings. The van der Waals surface area contributed by atoms with Crippen molar-refractivity contribution in [3.8, 4) is 67.5 Å². The second kappa shape index (κ2) is 12.4. The zero-order chi connectivity index (χ0) is 32.6. The van der Waals surface area contributed by atoms with E-state index in [2.05, 4.69) is 133 Å². The standard InChI is InChI=1S/C45H29N3S/c1-3-13-31(14-4-1)36-19-7-8-21-40(36)45-47-43(33-15-5-2-6-16-33)46-44(48-45)35-18-11-17-34(29-35)30-25-27-32(28-26-30)37-22-12-23-39-38-20-9-10-24-41(38)49-42(37)39/h1-29H. The van der Waals surface area contributed by atoms with E-state index in [1.807, 2.05) is 53.8 Å². The molecule has 0 aliphatic carbocycles. The van der Waals surface area contributed by atoms with Crippen molar-refractivity contribution in [3.05, 3.63) is 176 Å². The van der Waals surface area contributed by atoms with Crippen LogP contribution in [-0.2, 0) is 0 Å². The van der Waals surface area contributed by atoms with Crippen LogP contribution in [0.25, 0.3) is 87.7 Å². The molecule has 4 heteroatoms. The lowest BCUT2D eigenvalue weighted by molar-refractivity contribution is 1.07. The molecule has 0 radical (unpaired) electrons. The molecule has 2 heterocycles. The maximum atomic E-state index is 5.10. The summed E-state index contributed by atoms with van der Waals surface area (Å²) in [6.07, 6.45) is 0. The Morgan fingerprint density at radius 3 is 1.61 bits per heavy atom. The molecule has 49 heavy (non-hydrogen) atoms. The first-order valence-corrected chi connectivity index (χ1v) is 17.2. The van der Waals surface area contributed by atoms with Gasteiger partial charge in [-0.3, -0.25) is 0 Å². The first kappa shape index (κ1) is 29.0. The summed E-state index contributed by atoms with van der Waals surface area (Å²) in [7, 11) is 0. The Kier molecular flexibility index (Phi) is 7.34. The number of fused-ring (bicyclic) bond motifs is 3. The van der Waals surface area contributed by atoms with Crippen LogP contribution in [0.2, 0.25) is 0 Å². The number of thiophene rings is 1. The Morgan fingerprint density at radius 1 is 0.306 bits per heavy atom. The zero-order valence-corrected chi connectivity index (χ0v) is 27.3. The molecule has 0 spiro atoms. The molecule has 0 amide bonds. The zero-order valence-electron chi connectivity index (χ0n) is 26.5. The van der Waals surface area contributed by atoms with Crippen LogP contribution >= 0.6 is 11.3 Å². The molecule has 0 aliphatic heterocycles. The molecule has 0 saturated carbocycles. The normalized spacial score (nSPS) is 11.3. The molecule has 3 nitrogen and oxygen atoms in total. The fraction of sp³-hybridized carbons (Fsp3) is 0. The molecular weight excluding hydrogens is 615 g/mol. The highest BCUT2D eigenvalue weighted by molar-refractivity contribution is 7.26. The Bertz CT molecular complexity index is 2590. The predicted octanol–water partition coefficient (Wildman–Crippen LogP) is 12.2. The van der Waals surface area contributed by atoms with Crippen LogP contribution in [0, 0.1) is 0 Å². The van der Waals surface area contributed by atoms with Gasteiger partial charge in [-0.2, -0.15) is 0 Å². The van der Waals surface area contributed by atoms with Crippen molar-refractivity contribution < 1.29 is 0 Å². The van der Waals surface area contributed by atoms with Gasteiger partial charge in [0.05, 0.1) is 0 Å². The van der Waals surface area contributed by atoms with Crippen LogP contribution in [0.5, 0.6) is 0 Å². The highest BCUT2D eigenvalue weighted by Crippen LogP contribution is 2.40. The van der Waals surface area contributed by atoms with E-state index in [4.69, 9.17) is 15.0 Å². The summed E-state index contributed by atoms with van der Waals surface area (Å²) in [5.41, 5.74) is 9.78. The van der Waals surface area contributed by atoms with Crippen molar-refractivity contribution in [3.63, 3.8) is 0 Å². The van der Waals surface area contributed by atoms with Crippen molar-refractivity contribution >= 4 is 31.5 Å². The number of rotatable bonds is 6. The largest absolute Gasteiger partial charge is 0.208 e. The molecule has 0 bridgehead atoms. The van der Waals surface area contributed by atoms with Gasteiger partial charge in [0.25, 0.3) is 0 Å². The van der Waals surface area contributed by atoms with Crippen LogP contribution in [-0.4, -0.2) is 15.0 Å². The van der Waals surface area contributed by atoms with Gasteiger partial charge < -0.3 is 0 Å². The van der Waals surface area contributed by atoms with Gasteiger partial charge in [0.2, 0.25) is 0 Å². The molecule has 0 atom stereocenters. The van der Waals surface area contributed by atoms with Gasteiger partial charge in [0.1, 0.15) is 0 Å². The van der Waals surface area contributed by atoms with E-state index < -0.39 is 0 Å². The topological polar surface area (TPSA) is 38.7 Å². The average Bonchev–Trinajstić information content (AvgIpc) is 3.58. The summed E-state index contributed by atoms with van der Waals surface area (Å²) in [5, 5.41) is 2.63. The van der Waals surface area contributed by atoms with Crippen LogP contribution in [0.1, 0.15) is 0 Å². The first-order chi connectivity index (χ1) is 24.3. The Hall–Kier alpha value is -6.23. The molecule has 2 aromatic heterocycles. The highest BCUT2D eigenvalue weighted by Gasteiger charge is 2.16. The molecule has 0 aliphatic rings. The fourth-order valence-corrected chi connectivity index (χ4v) is 7.78. The molecular formula is C45H29N3S. The van der Waals surface area contributed by atoms with Gasteiger partial charge in [-0.05, 0) is 45.5 Å². The molecule has 0 fully saturated rings. The Morgan fingerprint density at radius 2 is 0.816 bits per heavy atom. The van der Waals surface area contributed by atoms with Gasteiger partial charge in [-0.1, -0.05) is 164 Å². The smallest absolute Gasteiger partial charge is 0.164 e.